The van der Waals surface area contributed by atoms with Crippen LogP contribution >= 0.6 is 11.6 Å². The van der Waals surface area contributed by atoms with E-state index in [4.69, 9.17) is 11.6 Å². The minimum atomic E-state index is -4.87. The number of carbonyl (C=O) groups is 1. The lowest BCUT2D eigenvalue weighted by Crippen LogP contribution is -2.50. The number of rotatable bonds is 8. The summed E-state index contributed by atoms with van der Waals surface area (Å²) in [4.78, 5) is 13.0. The number of alkyl halides is 3. The Morgan fingerprint density at radius 3 is 2.46 bits per heavy atom. The molecule has 2 unspecified atom stereocenters. The van der Waals surface area contributed by atoms with Gasteiger partial charge in [-0.2, -0.15) is 18.3 Å². The Morgan fingerprint density at radius 1 is 1.11 bits per heavy atom. The molecule has 3 aromatic carbocycles. The van der Waals surface area contributed by atoms with Crippen LogP contribution in [0.15, 0.2) is 66.7 Å². The highest BCUT2D eigenvalue weighted by Gasteiger charge is 2.43. The summed E-state index contributed by atoms with van der Waals surface area (Å²) in [6.07, 6.45) is -6.60. The van der Waals surface area contributed by atoms with Crippen LogP contribution in [0, 0.1) is 5.82 Å². The average Bonchev–Trinajstić information content (AvgIpc) is 3.25. The molecule has 0 saturated heterocycles. The van der Waals surface area contributed by atoms with E-state index in [1.54, 1.807) is 37.3 Å². The Hall–Kier alpha value is -3.43. The molecule has 2 N–H and O–H groups in total. The van der Waals surface area contributed by atoms with Crippen LogP contribution in [0.3, 0.4) is 0 Å². The van der Waals surface area contributed by atoms with Crippen molar-refractivity contribution in [1.29, 1.82) is 0 Å². The van der Waals surface area contributed by atoms with Crippen molar-refractivity contribution in [3.63, 3.8) is 0 Å². The highest BCUT2D eigenvalue weighted by atomic mass is 35.5. The van der Waals surface area contributed by atoms with Gasteiger partial charge in [0.25, 0.3) is 5.91 Å². The number of unbranched alkanes of at least 4 members (excludes halogenated alkanes) is 1. The van der Waals surface area contributed by atoms with Crippen LogP contribution in [-0.4, -0.2) is 39.1 Å². The number of carbonyl (C=O) groups excluding carboxylic acids is 1. The topological polar surface area (TPSA) is 67.2 Å². The third-order valence-electron chi connectivity index (χ3n) is 6.05. The summed E-state index contributed by atoms with van der Waals surface area (Å²) in [6.45, 7) is 1.81. The molecule has 2 atom stereocenters. The predicted molar refractivity (Wildman–Crippen MR) is 134 cm³/mol. The first-order valence-electron chi connectivity index (χ1n) is 11.7. The maximum Gasteiger partial charge on any atom is 0.416 e. The number of nitrogens with zero attached hydrogens (tertiary/aromatic N) is 2. The molecular weight excluding hydrogens is 510 g/mol. The summed E-state index contributed by atoms with van der Waals surface area (Å²) in [6, 6.07) is 15.8. The monoisotopic (exact) mass is 533 g/mol. The molecule has 1 amide bonds. The van der Waals surface area contributed by atoms with Crippen LogP contribution in [0.2, 0.25) is 5.02 Å². The van der Waals surface area contributed by atoms with Gasteiger partial charge in [-0.3, -0.25) is 4.79 Å². The lowest BCUT2D eigenvalue weighted by molar-refractivity contribution is -0.211. The second-order valence-electron chi connectivity index (χ2n) is 8.66. The second kappa shape index (κ2) is 10.9. The SMILES string of the molecule is CCCCC(NC(=O)c1ccc2c(-c3ccccc3Cl)nn(-c3ccc(F)cc3)c2c1)C(O)C(F)(F)F. The van der Waals surface area contributed by atoms with Gasteiger partial charge in [-0.15, -0.1) is 0 Å². The van der Waals surface area contributed by atoms with Crippen molar-refractivity contribution in [2.45, 2.75) is 44.5 Å². The van der Waals surface area contributed by atoms with E-state index in [0.29, 0.717) is 45.7 Å². The molecule has 4 rings (SSSR count). The molecule has 0 aliphatic heterocycles. The number of hydrogen-bond donors (Lipinski definition) is 2. The summed E-state index contributed by atoms with van der Waals surface area (Å²) >= 11 is 6.40. The fourth-order valence-electron chi connectivity index (χ4n) is 4.10. The Balaban J connectivity index is 1.78. The van der Waals surface area contributed by atoms with Crippen LogP contribution in [-0.2, 0) is 0 Å². The van der Waals surface area contributed by atoms with Crippen molar-refractivity contribution in [3.8, 4) is 16.9 Å². The van der Waals surface area contributed by atoms with Crippen molar-refractivity contribution in [3.05, 3.63) is 83.1 Å². The third kappa shape index (κ3) is 5.78. The molecule has 0 aliphatic rings. The molecule has 10 heteroatoms. The quantitative estimate of drug-likeness (QED) is 0.248. The zero-order valence-electron chi connectivity index (χ0n) is 19.8. The summed E-state index contributed by atoms with van der Waals surface area (Å²) < 4.78 is 54.7. The van der Waals surface area contributed by atoms with E-state index in [1.165, 1.54) is 41.1 Å². The zero-order valence-corrected chi connectivity index (χ0v) is 20.5. The fourth-order valence-corrected chi connectivity index (χ4v) is 4.33. The highest BCUT2D eigenvalue weighted by Crippen LogP contribution is 2.34. The molecule has 0 fully saturated rings. The number of benzene rings is 3. The number of hydrogen-bond acceptors (Lipinski definition) is 3. The highest BCUT2D eigenvalue weighted by molar-refractivity contribution is 6.33. The van der Waals surface area contributed by atoms with Crippen molar-refractivity contribution >= 4 is 28.4 Å². The van der Waals surface area contributed by atoms with Gasteiger partial charge in [0.05, 0.1) is 22.3 Å². The molecule has 5 nitrogen and oxygen atoms in total. The number of halogens is 5. The number of nitrogens with one attached hydrogen (secondary N) is 1. The van der Waals surface area contributed by atoms with E-state index in [-0.39, 0.29) is 12.0 Å². The van der Waals surface area contributed by atoms with Gasteiger partial charge in [0.2, 0.25) is 0 Å². The molecule has 0 aliphatic carbocycles. The van der Waals surface area contributed by atoms with Gasteiger partial charge in [0.1, 0.15) is 11.5 Å². The maximum atomic E-state index is 13.6. The standard InChI is InChI=1S/C27H24ClF4N3O2/c1-2-3-8-22(25(36)27(30,31)32)33-26(37)16-9-14-20-23(15-16)35(18-12-10-17(29)11-13-18)34-24(20)19-6-4-5-7-21(19)28/h4-7,9-15,22,25,36H,2-3,8H2,1H3,(H,33,37). The van der Waals surface area contributed by atoms with Crippen molar-refractivity contribution in [1.82, 2.24) is 15.1 Å². The minimum absolute atomic E-state index is 0.0324. The lowest BCUT2D eigenvalue weighted by Gasteiger charge is -2.26. The number of fused-ring (bicyclic) bond motifs is 1. The average molecular weight is 534 g/mol. The van der Waals surface area contributed by atoms with Crippen LogP contribution in [0.25, 0.3) is 27.8 Å². The lowest BCUT2D eigenvalue weighted by atomic mass is 10.0. The van der Waals surface area contributed by atoms with Crippen LogP contribution < -0.4 is 5.32 Å². The van der Waals surface area contributed by atoms with Gasteiger partial charge in [-0.1, -0.05) is 49.6 Å². The first kappa shape index (κ1) is 26.6. The van der Waals surface area contributed by atoms with Crippen molar-refractivity contribution in [2.75, 3.05) is 0 Å². The van der Waals surface area contributed by atoms with Crippen molar-refractivity contribution < 1.29 is 27.5 Å². The summed E-state index contributed by atoms with van der Waals surface area (Å²) in [7, 11) is 0. The van der Waals surface area contributed by atoms with Crippen LogP contribution in [0.4, 0.5) is 17.6 Å². The Kier molecular flexibility index (Phi) is 7.85. The summed E-state index contributed by atoms with van der Waals surface area (Å²) in [5.41, 5.74) is 2.22. The smallest absolute Gasteiger partial charge is 0.382 e. The number of aliphatic hydroxyl groups is 1. The van der Waals surface area contributed by atoms with Crippen LogP contribution in [0.1, 0.15) is 36.5 Å². The Bertz CT molecular complexity index is 1400. The molecule has 1 aromatic heterocycles. The van der Waals surface area contributed by atoms with E-state index in [1.807, 2.05) is 0 Å². The number of aliphatic hydroxyl groups excluding tert-OH is 1. The van der Waals surface area contributed by atoms with Gasteiger partial charge < -0.3 is 10.4 Å². The molecule has 0 saturated carbocycles. The summed E-state index contributed by atoms with van der Waals surface area (Å²) in [5.74, 6) is -1.20. The third-order valence-corrected chi connectivity index (χ3v) is 6.37. The minimum Gasteiger partial charge on any atom is -0.382 e. The first-order valence-corrected chi connectivity index (χ1v) is 12.1. The molecule has 37 heavy (non-hydrogen) atoms. The molecule has 4 aromatic rings. The molecular formula is C27H24ClF4N3O2. The molecule has 0 bridgehead atoms. The molecule has 1 heterocycles. The fraction of sp³-hybridized carbons (Fsp3) is 0.259. The largest absolute Gasteiger partial charge is 0.416 e. The van der Waals surface area contributed by atoms with E-state index >= 15 is 0 Å². The Morgan fingerprint density at radius 2 is 1.81 bits per heavy atom. The number of amides is 1. The van der Waals surface area contributed by atoms with Crippen LogP contribution in [0.5, 0.6) is 0 Å². The van der Waals surface area contributed by atoms with Gasteiger partial charge in [-0.05, 0) is 55.0 Å². The Labute approximate surface area is 215 Å². The number of aromatic nitrogens is 2. The van der Waals surface area contributed by atoms with E-state index in [9.17, 15) is 27.5 Å². The zero-order chi connectivity index (χ0) is 26.7. The van der Waals surface area contributed by atoms with E-state index < -0.39 is 30.0 Å². The molecule has 194 valence electrons. The molecule has 0 spiro atoms. The van der Waals surface area contributed by atoms with Gasteiger partial charge >= 0.3 is 6.18 Å². The molecule has 0 radical (unpaired) electrons. The van der Waals surface area contributed by atoms with Gasteiger partial charge in [-0.25, -0.2) is 9.07 Å². The van der Waals surface area contributed by atoms with E-state index in [2.05, 4.69) is 10.4 Å². The van der Waals surface area contributed by atoms with E-state index in [0.717, 1.165) is 0 Å². The van der Waals surface area contributed by atoms with Gasteiger partial charge in [0.15, 0.2) is 6.10 Å². The van der Waals surface area contributed by atoms with Crippen molar-refractivity contribution in [2.24, 2.45) is 0 Å². The normalized spacial score (nSPS) is 13.5. The van der Waals surface area contributed by atoms with Gasteiger partial charge in [0, 0.05) is 16.5 Å². The maximum absolute atomic E-state index is 13.6. The summed E-state index contributed by atoms with van der Waals surface area (Å²) in [5, 5.41) is 17.9. The first-order chi connectivity index (χ1) is 17.6. The predicted octanol–water partition coefficient (Wildman–Crippen LogP) is 6.70. The second-order valence-corrected chi connectivity index (χ2v) is 9.06.